The topological polar surface area (TPSA) is 4.36 Å². The van der Waals surface area contributed by atoms with Gasteiger partial charge in [0.25, 0.3) is 0 Å². The summed E-state index contributed by atoms with van der Waals surface area (Å²) < 4.78 is 0. The van der Waals surface area contributed by atoms with Crippen LogP contribution in [0.5, 0.6) is 0 Å². The first-order chi connectivity index (χ1) is 24.8. The molecule has 11 rings (SSSR count). The van der Waals surface area contributed by atoms with E-state index in [-0.39, 0.29) is 0 Å². The zero-order chi connectivity index (χ0) is 32.9. The molecule has 0 fully saturated rings. The van der Waals surface area contributed by atoms with E-state index in [4.69, 9.17) is 6.57 Å². The highest BCUT2D eigenvalue weighted by Crippen LogP contribution is 2.59. The first kappa shape index (κ1) is 27.2. The third-order valence-electron chi connectivity index (χ3n) is 11.0. The Bertz CT molecular complexity index is 3070. The molecule has 0 radical (unpaired) electrons. The largest absolute Gasteiger partial charge is 0.237 e. The van der Waals surface area contributed by atoms with Crippen molar-refractivity contribution in [3.63, 3.8) is 0 Å². The van der Waals surface area contributed by atoms with Gasteiger partial charge in [-0.25, -0.2) is 4.85 Å². The van der Waals surface area contributed by atoms with Crippen LogP contribution in [-0.4, -0.2) is 0 Å². The van der Waals surface area contributed by atoms with Crippen molar-refractivity contribution < 1.29 is 0 Å². The fraction of sp³-hybridized carbons (Fsp3) is 0. The number of benzene rings is 10. The molecule has 228 valence electrons. The molecule has 10 aromatic carbocycles. The molecule has 10 aromatic rings. The van der Waals surface area contributed by atoms with Crippen LogP contribution in [0.25, 0.3) is 114 Å². The second kappa shape index (κ2) is 10.1. The summed E-state index contributed by atoms with van der Waals surface area (Å²) >= 11 is 0. The molecule has 0 amide bonds. The molecule has 1 nitrogen and oxygen atoms in total. The lowest BCUT2D eigenvalue weighted by atomic mass is 9.85. The maximum absolute atomic E-state index is 8.67. The Morgan fingerprint density at radius 3 is 1.76 bits per heavy atom. The van der Waals surface area contributed by atoms with Gasteiger partial charge in [-0.15, -0.1) is 0 Å². The lowest BCUT2D eigenvalue weighted by Gasteiger charge is -2.18. The molecule has 0 N–H and O–H groups in total. The van der Waals surface area contributed by atoms with Gasteiger partial charge in [-0.1, -0.05) is 158 Å². The summed E-state index contributed by atoms with van der Waals surface area (Å²) in [5.41, 5.74) is 12.3. The molecule has 0 bridgehead atoms. The predicted molar refractivity (Wildman–Crippen MR) is 212 cm³/mol. The van der Waals surface area contributed by atoms with Gasteiger partial charge in [0.15, 0.2) is 5.69 Å². The van der Waals surface area contributed by atoms with Crippen LogP contribution in [0, 0.1) is 6.57 Å². The second-order valence-corrected chi connectivity index (χ2v) is 13.4. The maximum atomic E-state index is 8.67. The molecule has 0 saturated heterocycles. The highest BCUT2D eigenvalue weighted by molar-refractivity contribution is 6.30. The minimum Gasteiger partial charge on any atom is -0.237 e. The number of rotatable bonds is 3. The first-order valence-corrected chi connectivity index (χ1v) is 17.1. The summed E-state index contributed by atoms with van der Waals surface area (Å²) in [6, 6.07) is 59.4. The fourth-order valence-corrected chi connectivity index (χ4v) is 8.89. The average molecular weight is 630 g/mol. The third kappa shape index (κ3) is 3.60. The Balaban J connectivity index is 1.27. The zero-order valence-electron chi connectivity index (χ0n) is 27.0. The van der Waals surface area contributed by atoms with Crippen LogP contribution in [0.4, 0.5) is 5.69 Å². The quantitative estimate of drug-likeness (QED) is 0.135. The second-order valence-electron chi connectivity index (χ2n) is 13.4. The van der Waals surface area contributed by atoms with Gasteiger partial charge in [0.05, 0.1) is 6.57 Å². The Morgan fingerprint density at radius 2 is 0.900 bits per heavy atom. The van der Waals surface area contributed by atoms with Crippen molar-refractivity contribution >= 4 is 59.5 Å². The number of hydrogen-bond donors (Lipinski definition) is 0. The Kier molecular flexibility index (Phi) is 5.52. The van der Waals surface area contributed by atoms with Crippen molar-refractivity contribution in [3.05, 3.63) is 175 Å². The van der Waals surface area contributed by atoms with Gasteiger partial charge in [-0.2, -0.15) is 0 Å². The van der Waals surface area contributed by atoms with Crippen LogP contribution in [0.2, 0.25) is 0 Å². The van der Waals surface area contributed by atoms with E-state index in [1.54, 1.807) is 0 Å². The standard InChI is InChI=1S/C49H27N/c1-50-43-28-42(37-24-22-33-21-20-31-14-7-15-32-23-25-39(37)45(33)44(31)32)38-18-9-19-41-46-35(30-10-3-2-4-11-30)26-27-40(48(46)49(43)47(38)41)36-17-8-13-29-12-5-6-16-34(29)36/h2-28H. The van der Waals surface area contributed by atoms with Crippen molar-refractivity contribution in [1.29, 1.82) is 0 Å². The monoisotopic (exact) mass is 629 g/mol. The van der Waals surface area contributed by atoms with E-state index in [0.29, 0.717) is 5.69 Å². The van der Waals surface area contributed by atoms with E-state index in [2.05, 4.69) is 169 Å². The van der Waals surface area contributed by atoms with Gasteiger partial charge in [0, 0.05) is 0 Å². The van der Waals surface area contributed by atoms with Gasteiger partial charge < -0.3 is 0 Å². The van der Waals surface area contributed by atoms with Crippen molar-refractivity contribution in [2.24, 2.45) is 0 Å². The van der Waals surface area contributed by atoms with Crippen molar-refractivity contribution in [1.82, 2.24) is 0 Å². The van der Waals surface area contributed by atoms with Crippen molar-refractivity contribution in [2.75, 3.05) is 0 Å². The molecule has 50 heavy (non-hydrogen) atoms. The van der Waals surface area contributed by atoms with Gasteiger partial charge in [-0.05, 0) is 116 Å². The molecule has 1 aliphatic rings. The van der Waals surface area contributed by atoms with Crippen LogP contribution in [0.15, 0.2) is 164 Å². The lowest BCUT2D eigenvalue weighted by molar-refractivity contribution is 1.60. The maximum Gasteiger partial charge on any atom is 0.196 e. The minimum atomic E-state index is 0.691. The normalized spacial score (nSPS) is 12.0. The van der Waals surface area contributed by atoms with E-state index >= 15 is 0 Å². The summed E-state index contributed by atoms with van der Waals surface area (Å²) in [5.74, 6) is 0. The molecule has 0 saturated carbocycles. The smallest absolute Gasteiger partial charge is 0.196 e. The average Bonchev–Trinajstić information content (AvgIpc) is 3.53. The molecule has 1 heteroatoms. The molecule has 0 spiro atoms. The highest BCUT2D eigenvalue weighted by atomic mass is 14.7. The van der Waals surface area contributed by atoms with Crippen LogP contribution in [-0.2, 0) is 0 Å². The molecular weight excluding hydrogens is 603 g/mol. The van der Waals surface area contributed by atoms with E-state index in [1.807, 2.05) is 0 Å². The van der Waals surface area contributed by atoms with E-state index in [1.165, 1.54) is 81.7 Å². The molecular formula is C49H27N. The molecule has 1 aliphatic carbocycles. The first-order valence-electron chi connectivity index (χ1n) is 17.1. The van der Waals surface area contributed by atoms with Crippen LogP contribution < -0.4 is 0 Å². The lowest BCUT2D eigenvalue weighted by Crippen LogP contribution is -1.91. The summed E-state index contributed by atoms with van der Waals surface area (Å²) in [4.78, 5) is 4.32. The predicted octanol–water partition coefficient (Wildman–Crippen LogP) is 14.1. The molecule has 0 aliphatic heterocycles. The summed E-state index contributed by atoms with van der Waals surface area (Å²) in [6.07, 6.45) is 0. The van der Waals surface area contributed by atoms with Crippen molar-refractivity contribution in [3.8, 4) is 55.6 Å². The van der Waals surface area contributed by atoms with Gasteiger partial charge in [-0.3, -0.25) is 0 Å². The SMILES string of the molecule is [C-]#[N+]c1cc(-c2ccc3ccc4cccc5ccc2c3c45)c2cccc3c2c1-c1c(-c2cccc4ccccc24)ccc(-c2ccccc2)c1-3. The number of hydrogen-bond acceptors (Lipinski definition) is 0. The molecule has 0 atom stereocenters. The van der Waals surface area contributed by atoms with E-state index in [0.717, 1.165) is 27.8 Å². The Hall–Kier alpha value is -6.75. The summed E-state index contributed by atoms with van der Waals surface area (Å²) in [5, 5.41) is 12.3. The van der Waals surface area contributed by atoms with Gasteiger partial charge in [0.1, 0.15) is 0 Å². The highest BCUT2D eigenvalue weighted by Gasteiger charge is 2.31. The van der Waals surface area contributed by atoms with Crippen LogP contribution in [0.1, 0.15) is 0 Å². The number of fused-ring (bicyclic) bond motifs is 4. The fourth-order valence-electron chi connectivity index (χ4n) is 8.89. The zero-order valence-corrected chi connectivity index (χ0v) is 27.0. The van der Waals surface area contributed by atoms with Gasteiger partial charge >= 0.3 is 0 Å². The molecule has 0 aromatic heterocycles. The summed E-state index contributed by atoms with van der Waals surface area (Å²) in [7, 11) is 0. The Morgan fingerprint density at radius 1 is 0.320 bits per heavy atom. The third-order valence-corrected chi connectivity index (χ3v) is 11.0. The van der Waals surface area contributed by atoms with Crippen LogP contribution in [0.3, 0.4) is 0 Å². The van der Waals surface area contributed by atoms with Crippen LogP contribution >= 0.6 is 0 Å². The Labute approximate surface area is 289 Å². The minimum absolute atomic E-state index is 0.691. The van der Waals surface area contributed by atoms with Gasteiger partial charge in [0.2, 0.25) is 0 Å². The molecule has 0 heterocycles. The molecule has 0 unspecified atom stereocenters. The number of nitrogens with zero attached hydrogens (tertiary/aromatic N) is 1. The summed E-state index contributed by atoms with van der Waals surface area (Å²) in [6.45, 7) is 8.67. The van der Waals surface area contributed by atoms with Crippen molar-refractivity contribution in [2.45, 2.75) is 0 Å². The van der Waals surface area contributed by atoms with E-state index in [9.17, 15) is 0 Å². The van der Waals surface area contributed by atoms with E-state index < -0.39 is 0 Å².